The predicted octanol–water partition coefficient (Wildman–Crippen LogP) is 2.63. The molecule has 0 bridgehead atoms. The summed E-state index contributed by atoms with van der Waals surface area (Å²) in [5.74, 6) is 0. The molecule has 0 fully saturated rings. The molecule has 2 rings (SSSR count). The predicted molar refractivity (Wildman–Crippen MR) is 57.3 cm³/mol. The summed E-state index contributed by atoms with van der Waals surface area (Å²) in [6, 6.07) is 12.4. The average Bonchev–Trinajstić information content (AvgIpc) is 2.23. The van der Waals surface area contributed by atoms with Crippen molar-refractivity contribution in [3.05, 3.63) is 47.5 Å². The smallest absolute Gasteiger partial charge is 0.0464 e. The second kappa shape index (κ2) is 3.78. The molecule has 14 heavy (non-hydrogen) atoms. The van der Waals surface area contributed by atoms with Crippen molar-refractivity contribution >= 4 is 10.8 Å². The minimum absolute atomic E-state index is 0.487. The van der Waals surface area contributed by atoms with Crippen LogP contribution in [0.25, 0.3) is 10.8 Å². The lowest BCUT2D eigenvalue weighted by molar-refractivity contribution is 0.161. The van der Waals surface area contributed by atoms with Crippen LogP contribution < -0.4 is 5.48 Å². The van der Waals surface area contributed by atoms with Gasteiger partial charge in [0.2, 0.25) is 0 Å². The van der Waals surface area contributed by atoms with Gasteiger partial charge < -0.3 is 5.21 Å². The Hall–Kier alpha value is -1.38. The van der Waals surface area contributed by atoms with Crippen LogP contribution in [0.1, 0.15) is 11.1 Å². The van der Waals surface area contributed by atoms with Gasteiger partial charge in [0.25, 0.3) is 0 Å². The molecule has 0 aliphatic rings. The summed E-state index contributed by atoms with van der Waals surface area (Å²) in [6.07, 6.45) is 0. The van der Waals surface area contributed by atoms with Crippen LogP contribution in [0.5, 0.6) is 0 Å². The summed E-state index contributed by atoms with van der Waals surface area (Å²) in [7, 11) is 0. The SMILES string of the molecule is Cc1ccc(CNO)c2ccccc12. The van der Waals surface area contributed by atoms with E-state index in [-0.39, 0.29) is 0 Å². The third kappa shape index (κ3) is 1.50. The molecule has 0 radical (unpaired) electrons. The molecule has 2 heteroatoms. The molecule has 2 nitrogen and oxygen atoms in total. The topological polar surface area (TPSA) is 32.3 Å². The lowest BCUT2D eigenvalue weighted by Gasteiger charge is -2.07. The first-order valence-electron chi connectivity index (χ1n) is 4.67. The first-order chi connectivity index (χ1) is 6.83. The first kappa shape index (κ1) is 9.19. The van der Waals surface area contributed by atoms with Gasteiger partial charge in [-0.15, -0.1) is 0 Å². The second-order valence-electron chi connectivity index (χ2n) is 3.42. The van der Waals surface area contributed by atoms with Gasteiger partial charge in [0.15, 0.2) is 0 Å². The van der Waals surface area contributed by atoms with Crippen molar-refractivity contribution in [2.75, 3.05) is 0 Å². The van der Waals surface area contributed by atoms with Crippen LogP contribution in [0.4, 0.5) is 0 Å². The third-order valence-corrected chi connectivity index (χ3v) is 2.50. The third-order valence-electron chi connectivity index (χ3n) is 2.50. The van der Waals surface area contributed by atoms with E-state index < -0.39 is 0 Å². The number of benzene rings is 2. The van der Waals surface area contributed by atoms with Gasteiger partial charge in [-0.05, 0) is 28.8 Å². The highest BCUT2D eigenvalue weighted by molar-refractivity contribution is 5.88. The zero-order chi connectivity index (χ0) is 9.97. The molecule has 0 heterocycles. The van der Waals surface area contributed by atoms with Gasteiger partial charge in [0, 0.05) is 6.54 Å². The molecule has 0 aromatic heterocycles. The van der Waals surface area contributed by atoms with E-state index in [1.165, 1.54) is 16.3 Å². The molecule has 0 saturated carbocycles. The zero-order valence-electron chi connectivity index (χ0n) is 8.12. The lowest BCUT2D eigenvalue weighted by atomic mass is 10.0. The molecule has 0 saturated heterocycles. The molecule has 0 amide bonds. The van der Waals surface area contributed by atoms with Crippen molar-refractivity contribution in [2.45, 2.75) is 13.5 Å². The van der Waals surface area contributed by atoms with Crippen LogP contribution in [-0.4, -0.2) is 5.21 Å². The number of hydroxylamine groups is 1. The van der Waals surface area contributed by atoms with Crippen LogP contribution in [-0.2, 0) is 6.54 Å². The van der Waals surface area contributed by atoms with Gasteiger partial charge >= 0.3 is 0 Å². The summed E-state index contributed by atoms with van der Waals surface area (Å²) < 4.78 is 0. The lowest BCUT2D eigenvalue weighted by Crippen LogP contribution is -2.06. The normalized spacial score (nSPS) is 10.7. The molecule has 0 atom stereocenters. The summed E-state index contributed by atoms with van der Waals surface area (Å²) in [4.78, 5) is 0. The van der Waals surface area contributed by atoms with E-state index in [2.05, 4.69) is 30.6 Å². The van der Waals surface area contributed by atoms with Crippen molar-refractivity contribution in [1.29, 1.82) is 0 Å². The summed E-state index contributed by atoms with van der Waals surface area (Å²) in [6.45, 7) is 2.58. The van der Waals surface area contributed by atoms with Crippen LogP contribution in [0.3, 0.4) is 0 Å². The Kier molecular flexibility index (Phi) is 2.48. The Bertz CT molecular complexity index is 451. The van der Waals surface area contributed by atoms with Crippen molar-refractivity contribution in [3.63, 3.8) is 0 Å². The number of aryl methyl sites for hydroxylation is 1. The molecular formula is C12H13NO. The minimum atomic E-state index is 0.487. The average molecular weight is 187 g/mol. The summed E-state index contributed by atoms with van der Waals surface area (Å²) >= 11 is 0. The van der Waals surface area contributed by atoms with E-state index in [0.29, 0.717) is 6.54 Å². The summed E-state index contributed by atoms with van der Waals surface area (Å²) in [5.41, 5.74) is 4.58. The van der Waals surface area contributed by atoms with E-state index in [1.54, 1.807) is 0 Å². The van der Waals surface area contributed by atoms with Crippen molar-refractivity contribution in [3.8, 4) is 0 Å². The molecule has 2 aromatic carbocycles. The Labute approximate surface area is 83.1 Å². The minimum Gasteiger partial charge on any atom is -0.316 e. The number of fused-ring (bicyclic) bond motifs is 1. The highest BCUT2D eigenvalue weighted by Gasteiger charge is 2.01. The number of rotatable bonds is 2. The number of hydrogen-bond acceptors (Lipinski definition) is 2. The van der Waals surface area contributed by atoms with Crippen LogP contribution in [0.2, 0.25) is 0 Å². The number of hydrogen-bond donors (Lipinski definition) is 2. The Balaban J connectivity index is 2.68. The highest BCUT2D eigenvalue weighted by atomic mass is 16.5. The molecule has 0 aliphatic heterocycles. The zero-order valence-corrected chi connectivity index (χ0v) is 8.12. The molecule has 0 unspecified atom stereocenters. The molecule has 2 N–H and O–H groups in total. The van der Waals surface area contributed by atoms with Gasteiger partial charge in [0.05, 0.1) is 0 Å². The maximum Gasteiger partial charge on any atom is 0.0464 e. The maximum atomic E-state index is 8.70. The molecule has 0 aliphatic carbocycles. The highest BCUT2D eigenvalue weighted by Crippen LogP contribution is 2.21. The fourth-order valence-electron chi connectivity index (χ4n) is 1.75. The fraction of sp³-hybridized carbons (Fsp3) is 0.167. The van der Waals surface area contributed by atoms with Crippen molar-refractivity contribution in [2.24, 2.45) is 0 Å². The van der Waals surface area contributed by atoms with Gasteiger partial charge in [-0.3, -0.25) is 0 Å². The Morgan fingerprint density at radius 2 is 1.79 bits per heavy atom. The van der Waals surface area contributed by atoms with Gasteiger partial charge in [-0.25, -0.2) is 5.48 Å². The van der Waals surface area contributed by atoms with Gasteiger partial charge in [-0.2, -0.15) is 0 Å². The largest absolute Gasteiger partial charge is 0.316 e. The van der Waals surface area contributed by atoms with Crippen molar-refractivity contribution in [1.82, 2.24) is 5.48 Å². The second-order valence-corrected chi connectivity index (χ2v) is 3.42. The number of nitrogens with one attached hydrogen (secondary N) is 1. The van der Waals surface area contributed by atoms with E-state index >= 15 is 0 Å². The van der Waals surface area contributed by atoms with Crippen molar-refractivity contribution < 1.29 is 5.21 Å². The maximum absolute atomic E-state index is 8.70. The summed E-state index contributed by atoms with van der Waals surface area (Å²) in [5, 5.41) is 11.2. The van der Waals surface area contributed by atoms with E-state index in [4.69, 9.17) is 5.21 Å². The Morgan fingerprint density at radius 3 is 2.50 bits per heavy atom. The fourth-order valence-corrected chi connectivity index (χ4v) is 1.75. The standard InChI is InChI=1S/C12H13NO/c1-9-6-7-10(8-13-14)12-5-3-2-4-11(9)12/h2-7,13-14H,8H2,1H3. The molecule has 0 spiro atoms. The van der Waals surface area contributed by atoms with E-state index in [9.17, 15) is 0 Å². The van der Waals surface area contributed by atoms with Crippen LogP contribution >= 0.6 is 0 Å². The molecule has 72 valence electrons. The molecular weight excluding hydrogens is 174 g/mol. The quantitative estimate of drug-likeness (QED) is 0.708. The van der Waals surface area contributed by atoms with Gasteiger partial charge in [-0.1, -0.05) is 36.4 Å². The van der Waals surface area contributed by atoms with E-state index in [0.717, 1.165) is 5.56 Å². The van der Waals surface area contributed by atoms with E-state index in [1.807, 2.05) is 18.2 Å². The monoisotopic (exact) mass is 187 g/mol. The van der Waals surface area contributed by atoms with Gasteiger partial charge in [0.1, 0.15) is 0 Å². The Morgan fingerprint density at radius 1 is 1.07 bits per heavy atom. The molecule has 2 aromatic rings. The van der Waals surface area contributed by atoms with Crippen LogP contribution in [0, 0.1) is 6.92 Å². The van der Waals surface area contributed by atoms with Crippen LogP contribution in [0.15, 0.2) is 36.4 Å². The first-order valence-corrected chi connectivity index (χ1v) is 4.67.